The zero-order valence-electron chi connectivity index (χ0n) is 8.44. The molecule has 0 aliphatic heterocycles. The van der Waals surface area contributed by atoms with Gasteiger partial charge in [0.15, 0.2) is 0 Å². The maximum Gasteiger partial charge on any atom is 0.326 e. The minimum atomic E-state index is -0.519. The van der Waals surface area contributed by atoms with Crippen LogP contribution in [-0.2, 0) is 9.53 Å². The van der Waals surface area contributed by atoms with Gasteiger partial charge in [-0.2, -0.15) is 0 Å². The molecule has 0 aromatic rings. The number of carbonyl (C=O) groups is 1. The predicted octanol–water partition coefficient (Wildman–Crippen LogP) is 1.33. The summed E-state index contributed by atoms with van der Waals surface area (Å²) < 4.78 is 5.04. The molecular formula is C9H19NO2. The maximum absolute atomic E-state index is 11.4. The van der Waals surface area contributed by atoms with Crippen molar-refractivity contribution >= 4 is 5.97 Å². The molecule has 3 heteroatoms. The van der Waals surface area contributed by atoms with Crippen LogP contribution < -0.4 is 5.32 Å². The molecule has 72 valence electrons. The van der Waals surface area contributed by atoms with Crippen LogP contribution in [0.25, 0.3) is 0 Å². The van der Waals surface area contributed by atoms with Gasteiger partial charge in [0.1, 0.15) is 5.54 Å². The number of likely N-dealkylation sites (N-methyl/N-ethyl adjacent to an activating group) is 1. The van der Waals surface area contributed by atoms with Gasteiger partial charge in [0, 0.05) is 0 Å². The van der Waals surface area contributed by atoms with Gasteiger partial charge in [-0.1, -0.05) is 13.8 Å². The lowest BCUT2D eigenvalue weighted by Gasteiger charge is -2.24. The Labute approximate surface area is 74.5 Å². The van der Waals surface area contributed by atoms with Crippen LogP contribution >= 0.6 is 0 Å². The van der Waals surface area contributed by atoms with E-state index in [1.165, 1.54) is 0 Å². The minimum Gasteiger partial charge on any atom is -0.464 e. The van der Waals surface area contributed by atoms with Gasteiger partial charge in [-0.05, 0) is 26.8 Å². The van der Waals surface area contributed by atoms with Gasteiger partial charge < -0.3 is 10.1 Å². The lowest BCUT2D eigenvalue weighted by Crippen LogP contribution is -2.48. The Balaban J connectivity index is 4.03. The van der Waals surface area contributed by atoms with Crippen LogP contribution in [-0.4, -0.2) is 25.2 Å². The molecule has 0 saturated carbocycles. The lowest BCUT2D eigenvalue weighted by molar-refractivity contribution is -0.151. The Kier molecular flexibility index (Phi) is 4.90. The summed E-state index contributed by atoms with van der Waals surface area (Å²) in [5.74, 6) is -0.158. The number of nitrogens with one attached hydrogen (secondary N) is 1. The van der Waals surface area contributed by atoms with Crippen LogP contribution in [0, 0.1) is 0 Å². The van der Waals surface area contributed by atoms with E-state index in [-0.39, 0.29) is 5.97 Å². The molecule has 1 unspecified atom stereocenters. The van der Waals surface area contributed by atoms with E-state index in [1.54, 1.807) is 7.05 Å². The third-order valence-corrected chi connectivity index (χ3v) is 2.15. The largest absolute Gasteiger partial charge is 0.464 e. The van der Waals surface area contributed by atoms with Gasteiger partial charge in [0.05, 0.1) is 6.61 Å². The summed E-state index contributed by atoms with van der Waals surface area (Å²) in [5.41, 5.74) is -0.519. The van der Waals surface area contributed by atoms with Crippen molar-refractivity contribution in [3.8, 4) is 0 Å². The van der Waals surface area contributed by atoms with Crippen molar-refractivity contribution in [2.24, 2.45) is 0 Å². The highest BCUT2D eigenvalue weighted by Gasteiger charge is 2.30. The van der Waals surface area contributed by atoms with Crippen molar-refractivity contribution < 1.29 is 9.53 Å². The first-order chi connectivity index (χ1) is 5.60. The van der Waals surface area contributed by atoms with Gasteiger partial charge in [-0.15, -0.1) is 0 Å². The van der Waals surface area contributed by atoms with E-state index in [0.717, 1.165) is 12.8 Å². The van der Waals surface area contributed by atoms with E-state index in [2.05, 4.69) is 5.32 Å². The van der Waals surface area contributed by atoms with E-state index in [0.29, 0.717) is 6.61 Å². The molecule has 0 rings (SSSR count). The van der Waals surface area contributed by atoms with E-state index in [9.17, 15) is 4.79 Å². The second-order valence-electron chi connectivity index (χ2n) is 3.07. The first-order valence-electron chi connectivity index (χ1n) is 4.46. The molecule has 0 spiro atoms. The molecule has 0 radical (unpaired) electrons. The van der Waals surface area contributed by atoms with Crippen molar-refractivity contribution in [3.05, 3.63) is 0 Å². The first kappa shape index (κ1) is 11.4. The Morgan fingerprint density at radius 2 is 2.08 bits per heavy atom. The highest BCUT2D eigenvalue weighted by Crippen LogP contribution is 2.10. The van der Waals surface area contributed by atoms with Crippen molar-refractivity contribution in [1.82, 2.24) is 5.32 Å². The number of ether oxygens (including phenoxy) is 1. The number of rotatable bonds is 5. The number of carbonyl (C=O) groups excluding carboxylic acids is 1. The second kappa shape index (κ2) is 5.14. The quantitative estimate of drug-likeness (QED) is 0.637. The average molecular weight is 173 g/mol. The molecule has 0 aliphatic rings. The summed E-state index contributed by atoms with van der Waals surface area (Å²) in [7, 11) is 1.77. The summed E-state index contributed by atoms with van der Waals surface area (Å²) in [6.07, 6.45) is 1.61. The molecule has 0 saturated heterocycles. The molecule has 0 fully saturated rings. The second-order valence-corrected chi connectivity index (χ2v) is 3.07. The fraction of sp³-hybridized carbons (Fsp3) is 0.889. The minimum absolute atomic E-state index is 0.158. The third-order valence-electron chi connectivity index (χ3n) is 2.15. The van der Waals surface area contributed by atoms with Crippen LogP contribution in [0.15, 0.2) is 0 Å². The fourth-order valence-electron chi connectivity index (χ4n) is 0.777. The van der Waals surface area contributed by atoms with Crippen molar-refractivity contribution in [1.29, 1.82) is 0 Å². The van der Waals surface area contributed by atoms with E-state index in [4.69, 9.17) is 4.74 Å². The van der Waals surface area contributed by atoms with Crippen molar-refractivity contribution in [3.63, 3.8) is 0 Å². The Hall–Kier alpha value is -0.570. The predicted molar refractivity (Wildman–Crippen MR) is 49.0 cm³/mol. The van der Waals surface area contributed by atoms with Crippen molar-refractivity contribution in [2.75, 3.05) is 13.7 Å². The molecule has 0 aliphatic carbocycles. The van der Waals surface area contributed by atoms with E-state index in [1.807, 2.05) is 20.8 Å². The number of hydrogen-bond donors (Lipinski definition) is 1. The zero-order valence-corrected chi connectivity index (χ0v) is 8.44. The maximum atomic E-state index is 11.4. The Morgan fingerprint density at radius 1 is 1.50 bits per heavy atom. The molecule has 0 bridgehead atoms. The number of esters is 1. The van der Waals surface area contributed by atoms with E-state index < -0.39 is 5.54 Å². The molecule has 3 nitrogen and oxygen atoms in total. The van der Waals surface area contributed by atoms with E-state index >= 15 is 0 Å². The first-order valence-corrected chi connectivity index (χ1v) is 4.46. The highest BCUT2D eigenvalue weighted by molar-refractivity contribution is 5.80. The highest BCUT2D eigenvalue weighted by atomic mass is 16.5. The molecule has 12 heavy (non-hydrogen) atoms. The van der Waals surface area contributed by atoms with Crippen LogP contribution in [0.2, 0.25) is 0 Å². The summed E-state index contributed by atoms with van der Waals surface area (Å²) >= 11 is 0. The topological polar surface area (TPSA) is 38.3 Å². The van der Waals surface area contributed by atoms with Gasteiger partial charge in [-0.25, -0.2) is 0 Å². The molecule has 0 aromatic heterocycles. The van der Waals surface area contributed by atoms with Gasteiger partial charge in [0.25, 0.3) is 0 Å². The average Bonchev–Trinajstić information content (AvgIpc) is 2.12. The zero-order chi connectivity index (χ0) is 9.61. The van der Waals surface area contributed by atoms with Crippen LogP contribution in [0.5, 0.6) is 0 Å². The molecule has 1 atom stereocenters. The van der Waals surface area contributed by atoms with Gasteiger partial charge >= 0.3 is 5.97 Å². The molecule has 1 N–H and O–H groups in total. The standard InChI is InChI=1S/C9H19NO2/c1-5-7-12-8(11)9(3,6-2)10-4/h10H,5-7H2,1-4H3. The van der Waals surface area contributed by atoms with Crippen LogP contribution in [0.3, 0.4) is 0 Å². The number of hydrogen-bond acceptors (Lipinski definition) is 3. The van der Waals surface area contributed by atoms with Crippen LogP contribution in [0.1, 0.15) is 33.6 Å². The Bertz CT molecular complexity index is 141. The molecular weight excluding hydrogens is 154 g/mol. The summed E-state index contributed by atoms with van der Waals surface area (Å²) in [6, 6.07) is 0. The molecule has 0 heterocycles. The van der Waals surface area contributed by atoms with Crippen molar-refractivity contribution in [2.45, 2.75) is 39.2 Å². The normalized spacial score (nSPS) is 15.3. The van der Waals surface area contributed by atoms with Gasteiger partial charge in [0.2, 0.25) is 0 Å². The fourth-order valence-corrected chi connectivity index (χ4v) is 0.777. The monoisotopic (exact) mass is 173 g/mol. The molecule has 0 aromatic carbocycles. The summed E-state index contributed by atoms with van der Waals surface area (Å²) in [5, 5.41) is 2.96. The SMILES string of the molecule is CCCOC(=O)C(C)(CC)NC. The van der Waals surface area contributed by atoms with Gasteiger partial charge in [-0.3, -0.25) is 4.79 Å². The van der Waals surface area contributed by atoms with Crippen LogP contribution in [0.4, 0.5) is 0 Å². The smallest absolute Gasteiger partial charge is 0.326 e. The third kappa shape index (κ3) is 2.81. The summed E-state index contributed by atoms with van der Waals surface area (Å²) in [4.78, 5) is 11.4. The summed E-state index contributed by atoms with van der Waals surface area (Å²) in [6.45, 7) is 6.31. The lowest BCUT2D eigenvalue weighted by atomic mass is 10.00. The Morgan fingerprint density at radius 3 is 2.42 bits per heavy atom. The molecule has 0 amide bonds.